The van der Waals surface area contributed by atoms with Crippen LogP contribution in [0.3, 0.4) is 0 Å². The van der Waals surface area contributed by atoms with Gasteiger partial charge in [0.2, 0.25) is 5.78 Å². The number of carbonyl (C=O) groups is 3. The molecule has 0 unspecified atom stereocenters. The summed E-state index contributed by atoms with van der Waals surface area (Å²) in [5.41, 5.74) is 1.42. The Bertz CT molecular complexity index is 747. The lowest BCUT2D eigenvalue weighted by Gasteiger charge is -2.23. The van der Waals surface area contributed by atoms with Crippen LogP contribution in [-0.4, -0.2) is 74.3 Å². The Kier molecular flexibility index (Phi) is 7.14. The smallest absolute Gasteiger partial charge is 0.354 e. The highest BCUT2D eigenvalue weighted by Crippen LogP contribution is 2.24. The molecule has 1 aromatic rings. The fraction of sp³-hybridized carbons (Fsp3) is 0.500. The topological polar surface area (TPSA) is 122 Å². The first-order valence-electron chi connectivity index (χ1n) is 8.77. The van der Waals surface area contributed by atoms with Crippen LogP contribution in [0.4, 0.5) is 0 Å². The Morgan fingerprint density at radius 1 is 1.30 bits per heavy atom. The van der Waals surface area contributed by atoms with Gasteiger partial charge >= 0.3 is 5.97 Å². The van der Waals surface area contributed by atoms with Gasteiger partial charge in [0.05, 0.1) is 33.4 Å². The first kappa shape index (κ1) is 20.7. The summed E-state index contributed by atoms with van der Waals surface area (Å²) in [5, 5.41) is 12.8. The monoisotopic (exact) mass is 380 g/mol. The number of esters is 1. The molecule has 0 radical (unpaired) electrons. The number of methoxy groups -OCH3 is 1. The van der Waals surface area contributed by atoms with Crippen molar-refractivity contribution in [2.45, 2.75) is 13.8 Å². The summed E-state index contributed by atoms with van der Waals surface area (Å²) >= 11 is 0. The lowest BCUT2D eigenvalue weighted by Crippen LogP contribution is -3.14. The van der Waals surface area contributed by atoms with Crippen molar-refractivity contribution in [1.82, 2.24) is 10.3 Å². The number of aromatic nitrogens is 1. The Balaban J connectivity index is 1.98. The number of hydrogen-bond donors (Lipinski definition) is 4. The zero-order chi connectivity index (χ0) is 20.0. The van der Waals surface area contributed by atoms with Gasteiger partial charge in [-0.1, -0.05) is 0 Å². The molecule has 1 aromatic heterocycles. The van der Waals surface area contributed by atoms with Crippen LogP contribution in [0.5, 0.6) is 0 Å². The highest BCUT2D eigenvalue weighted by atomic mass is 16.5. The number of nitrogens with one attached hydrogen (secondary N) is 3. The van der Waals surface area contributed by atoms with Crippen molar-refractivity contribution < 1.29 is 33.9 Å². The number of quaternary nitrogens is 1. The highest BCUT2D eigenvalue weighted by Gasteiger charge is 2.22. The quantitative estimate of drug-likeness (QED) is 0.207. The number of ketones is 1. The van der Waals surface area contributed by atoms with Crippen LogP contribution in [0, 0.1) is 13.8 Å². The molecule has 0 atom stereocenters. The SMILES string of the molecule is COC(=O)c1[nH]c(C)c(C(O)=CC(=O)C(=O)NCC[NH+]2CCOCC2)c1C. The van der Waals surface area contributed by atoms with E-state index in [1.807, 2.05) is 0 Å². The van der Waals surface area contributed by atoms with Gasteiger partial charge in [0, 0.05) is 17.3 Å². The zero-order valence-electron chi connectivity index (χ0n) is 15.8. The lowest BCUT2D eigenvalue weighted by molar-refractivity contribution is -0.906. The normalized spacial score (nSPS) is 15.4. The van der Waals surface area contributed by atoms with E-state index in [4.69, 9.17) is 4.74 Å². The average molecular weight is 380 g/mol. The number of aryl methyl sites for hydroxylation is 1. The number of morpholine rings is 1. The van der Waals surface area contributed by atoms with E-state index in [1.54, 1.807) is 13.8 Å². The number of amides is 1. The van der Waals surface area contributed by atoms with Crippen molar-refractivity contribution in [3.63, 3.8) is 0 Å². The predicted molar refractivity (Wildman–Crippen MR) is 96.6 cm³/mol. The van der Waals surface area contributed by atoms with Crippen molar-refractivity contribution in [1.29, 1.82) is 0 Å². The van der Waals surface area contributed by atoms with Crippen molar-refractivity contribution in [2.24, 2.45) is 0 Å². The number of aliphatic hydroxyl groups is 1. The summed E-state index contributed by atoms with van der Waals surface area (Å²) in [6.45, 7) is 7.47. The maximum atomic E-state index is 12.1. The Labute approximate surface area is 157 Å². The molecule has 1 aliphatic rings. The molecule has 4 N–H and O–H groups in total. The summed E-state index contributed by atoms with van der Waals surface area (Å²) in [7, 11) is 1.25. The summed E-state index contributed by atoms with van der Waals surface area (Å²) in [6.07, 6.45) is 0.862. The van der Waals surface area contributed by atoms with Gasteiger partial charge in [0.25, 0.3) is 5.91 Å². The van der Waals surface area contributed by atoms with Gasteiger partial charge in [-0.2, -0.15) is 0 Å². The lowest BCUT2D eigenvalue weighted by atomic mass is 10.1. The third kappa shape index (κ3) is 5.18. The summed E-state index contributed by atoms with van der Waals surface area (Å²) in [6, 6.07) is 0. The number of hydrogen-bond acceptors (Lipinski definition) is 6. The number of rotatable bonds is 7. The predicted octanol–water partition coefficient (Wildman–Crippen LogP) is -1.08. The molecule has 1 amide bonds. The number of H-pyrrole nitrogens is 1. The van der Waals surface area contributed by atoms with Crippen molar-refractivity contribution in [2.75, 3.05) is 46.5 Å². The van der Waals surface area contributed by atoms with Crippen LogP contribution in [-0.2, 0) is 19.1 Å². The van der Waals surface area contributed by atoms with Crippen molar-refractivity contribution in [3.05, 3.63) is 28.6 Å². The largest absolute Gasteiger partial charge is 0.507 e. The van der Waals surface area contributed by atoms with E-state index in [9.17, 15) is 19.5 Å². The third-order valence-corrected chi connectivity index (χ3v) is 4.54. The van der Waals surface area contributed by atoms with Gasteiger partial charge in [-0.15, -0.1) is 0 Å². The Morgan fingerprint density at radius 3 is 2.59 bits per heavy atom. The number of ether oxygens (including phenoxy) is 2. The van der Waals surface area contributed by atoms with E-state index in [-0.39, 0.29) is 11.5 Å². The minimum atomic E-state index is -0.857. The van der Waals surface area contributed by atoms with E-state index >= 15 is 0 Å². The number of aromatic amines is 1. The molecule has 1 aliphatic heterocycles. The van der Waals surface area contributed by atoms with Crippen LogP contribution < -0.4 is 10.2 Å². The average Bonchev–Trinajstić information content (AvgIpc) is 2.96. The summed E-state index contributed by atoms with van der Waals surface area (Å²) < 4.78 is 9.93. The molecule has 9 heteroatoms. The highest BCUT2D eigenvalue weighted by molar-refractivity contribution is 6.41. The molecule has 0 spiro atoms. The standard InChI is InChI=1S/C18H25N3O6/c1-11-15(12(2)20-16(11)18(25)26-3)13(22)10-14(23)17(24)19-4-5-21-6-8-27-9-7-21/h10,20,22H,4-9H2,1-3H3,(H,19,24)/p+1. The van der Waals surface area contributed by atoms with Crippen LogP contribution in [0.25, 0.3) is 5.76 Å². The molecular weight excluding hydrogens is 354 g/mol. The fourth-order valence-corrected chi connectivity index (χ4v) is 3.05. The van der Waals surface area contributed by atoms with E-state index in [2.05, 4.69) is 15.0 Å². The molecule has 9 nitrogen and oxygen atoms in total. The maximum absolute atomic E-state index is 12.1. The van der Waals surface area contributed by atoms with Gasteiger partial charge in [-0.3, -0.25) is 9.59 Å². The van der Waals surface area contributed by atoms with Gasteiger partial charge in [-0.05, 0) is 19.4 Å². The maximum Gasteiger partial charge on any atom is 0.354 e. The molecule has 0 aliphatic carbocycles. The van der Waals surface area contributed by atoms with Crippen molar-refractivity contribution in [3.8, 4) is 0 Å². The molecule has 2 rings (SSSR count). The molecule has 2 heterocycles. The van der Waals surface area contributed by atoms with Gasteiger partial charge in [0.15, 0.2) is 0 Å². The first-order valence-corrected chi connectivity index (χ1v) is 8.77. The number of aliphatic hydroxyl groups excluding tert-OH is 1. The third-order valence-electron chi connectivity index (χ3n) is 4.54. The van der Waals surface area contributed by atoms with Crippen LogP contribution in [0.15, 0.2) is 6.08 Å². The second-order valence-corrected chi connectivity index (χ2v) is 6.38. The van der Waals surface area contributed by atoms with Gasteiger partial charge in [0.1, 0.15) is 24.5 Å². The van der Waals surface area contributed by atoms with E-state index in [0.717, 1.165) is 19.2 Å². The van der Waals surface area contributed by atoms with E-state index in [1.165, 1.54) is 12.0 Å². The minimum Gasteiger partial charge on any atom is -0.507 e. The summed E-state index contributed by atoms with van der Waals surface area (Å²) in [4.78, 5) is 39.8. The zero-order valence-corrected chi connectivity index (χ0v) is 15.8. The molecule has 27 heavy (non-hydrogen) atoms. The molecule has 1 saturated heterocycles. The fourth-order valence-electron chi connectivity index (χ4n) is 3.05. The van der Waals surface area contributed by atoms with Gasteiger partial charge < -0.3 is 29.8 Å². The Morgan fingerprint density at radius 2 is 1.96 bits per heavy atom. The van der Waals surface area contributed by atoms with Crippen LogP contribution in [0.2, 0.25) is 0 Å². The molecule has 0 bridgehead atoms. The van der Waals surface area contributed by atoms with Crippen LogP contribution >= 0.6 is 0 Å². The first-order chi connectivity index (χ1) is 12.8. The summed E-state index contributed by atoms with van der Waals surface area (Å²) in [5.74, 6) is -2.60. The molecule has 148 valence electrons. The van der Waals surface area contributed by atoms with Crippen LogP contribution in [0.1, 0.15) is 27.3 Å². The minimum absolute atomic E-state index is 0.190. The molecule has 0 aromatic carbocycles. The molecule has 1 fully saturated rings. The molecular formula is C18H26N3O6+. The molecule has 0 saturated carbocycles. The van der Waals surface area contributed by atoms with Crippen molar-refractivity contribution >= 4 is 23.4 Å². The number of carbonyl (C=O) groups excluding carboxylic acids is 3. The second kappa shape index (κ2) is 9.33. The van der Waals surface area contributed by atoms with E-state index < -0.39 is 17.7 Å². The van der Waals surface area contributed by atoms with E-state index in [0.29, 0.717) is 43.1 Å². The second-order valence-electron chi connectivity index (χ2n) is 6.38. The van der Waals surface area contributed by atoms with Gasteiger partial charge in [-0.25, -0.2) is 4.79 Å². The Hall–Kier alpha value is -2.65.